The largest absolute Gasteiger partial charge is 0.497 e. The average Bonchev–Trinajstić information content (AvgIpc) is 3.02. The molecule has 0 N–H and O–H groups in total. The van der Waals surface area contributed by atoms with Gasteiger partial charge in [0.15, 0.2) is 11.6 Å². The number of aromatic nitrogens is 1. The molecule has 0 unspecified atom stereocenters. The van der Waals surface area contributed by atoms with Gasteiger partial charge in [0.2, 0.25) is 0 Å². The molecule has 7 nitrogen and oxygen atoms in total. The summed E-state index contributed by atoms with van der Waals surface area (Å²) in [4.78, 5) is 39.1. The maximum atomic E-state index is 15.1. The minimum atomic E-state index is -4.63. The van der Waals surface area contributed by atoms with Crippen LogP contribution in [0.4, 0.5) is 30.7 Å². The third-order valence-corrected chi connectivity index (χ3v) is 7.37. The molecule has 1 heterocycles. The number of methoxy groups -OCH3 is 1. The molecule has 1 aromatic heterocycles. The number of nitrogens with zero attached hydrogens (tertiary/aromatic N) is 1. The molecule has 4 aromatic carbocycles. The molecule has 0 radical (unpaired) electrons. The van der Waals surface area contributed by atoms with Crippen LogP contribution >= 0.6 is 15.9 Å². The van der Waals surface area contributed by atoms with Crippen LogP contribution in [0, 0.1) is 5.82 Å². The quantitative estimate of drug-likeness (QED) is 0.0995. The fourth-order valence-corrected chi connectivity index (χ4v) is 4.90. The number of rotatable bonds is 6. The second-order valence-corrected chi connectivity index (χ2v) is 10.6. The van der Waals surface area contributed by atoms with Gasteiger partial charge in [-0.1, -0.05) is 0 Å². The van der Waals surface area contributed by atoms with E-state index in [9.17, 15) is 40.7 Å². The Balaban J connectivity index is 1.48. The molecule has 0 amide bonds. The molecule has 242 valence electrons. The predicted molar refractivity (Wildman–Crippen MR) is 157 cm³/mol. The maximum Gasteiger partial charge on any atom is 0.416 e. The van der Waals surface area contributed by atoms with E-state index in [0.29, 0.717) is 24.3 Å². The van der Waals surface area contributed by atoms with Crippen molar-refractivity contribution < 1.29 is 54.5 Å². The Morgan fingerprint density at radius 2 is 1.23 bits per heavy atom. The number of carbonyl (C=O) groups excluding carboxylic acids is 2. The van der Waals surface area contributed by atoms with Crippen molar-refractivity contribution in [1.82, 2.24) is 4.57 Å². The summed E-state index contributed by atoms with van der Waals surface area (Å²) in [7, 11) is 1.31. The van der Waals surface area contributed by atoms with Crippen molar-refractivity contribution in [3.63, 3.8) is 0 Å². The minimum Gasteiger partial charge on any atom is -0.497 e. The Labute approximate surface area is 267 Å². The monoisotopic (exact) mass is 723 g/mol. The Hall–Kier alpha value is -5.18. The first kappa shape index (κ1) is 33.2. The highest BCUT2D eigenvalue weighted by Gasteiger charge is 2.31. The third kappa shape index (κ3) is 6.99. The minimum absolute atomic E-state index is 0.0692. The second kappa shape index (κ2) is 12.5. The number of halogens is 8. The zero-order valence-corrected chi connectivity index (χ0v) is 25.1. The van der Waals surface area contributed by atoms with Crippen molar-refractivity contribution in [2.45, 2.75) is 12.4 Å². The van der Waals surface area contributed by atoms with Gasteiger partial charge in [0.05, 0.1) is 40.4 Å². The number of fused-ring (bicyclic) bond motifs is 1. The summed E-state index contributed by atoms with van der Waals surface area (Å²) < 4.78 is 109. The lowest BCUT2D eigenvalue weighted by molar-refractivity contribution is -0.138. The van der Waals surface area contributed by atoms with Crippen LogP contribution in [-0.4, -0.2) is 23.6 Å². The standard InChI is InChI=1S/C32H17BrF7NO6/c1-45-21-13-22-23(33)15-41(28(42)27(22)26(14-21)47-30(44)17-4-8-19(9-5-17)32(38,39)40)20-10-11-25(24(34)12-20)46-29(43)16-2-6-18(7-3-16)31(35,36)37/h2-15H,1H3. The molecule has 0 bridgehead atoms. The highest BCUT2D eigenvalue weighted by molar-refractivity contribution is 9.10. The van der Waals surface area contributed by atoms with Crippen molar-refractivity contribution in [2.24, 2.45) is 0 Å². The smallest absolute Gasteiger partial charge is 0.416 e. The zero-order chi connectivity index (χ0) is 34.3. The third-order valence-electron chi connectivity index (χ3n) is 6.74. The van der Waals surface area contributed by atoms with E-state index in [0.717, 1.165) is 41.0 Å². The molecule has 0 atom stereocenters. The Morgan fingerprint density at radius 3 is 1.70 bits per heavy atom. The molecule has 0 aliphatic heterocycles. The summed E-state index contributed by atoms with van der Waals surface area (Å²) in [5, 5.41) is 0.0297. The number of esters is 2. The highest BCUT2D eigenvalue weighted by Crippen LogP contribution is 2.35. The first-order chi connectivity index (χ1) is 22.1. The van der Waals surface area contributed by atoms with E-state index in [2.05, 4.69) is 15.9 Å². The van der Waals surface area contributed by atoms with Gasteiger partial charge in [-0.05, 0) is 82.7 Å². The van der Waals surface area contributed by atoms with Gasteiger partial charge in [-0.3, -0.25) is 9.36 Å². The first-order valence-corrected chi connectivity index (χ1v) is 13.9. The molecule has 47 heavy (non-hydrogen) atoms. The van der Waals surface area contributed by atoms with Crippen molar-refractivity contribution >= 4 is 38.6 Å². The average molecular weight is 724 g/mol. The summed E-state index contributed by atoms with van der Waals surface area (Å²) in [6, 6.07) is 12.1. The molecule has 0 fully saturated rings. The van der Waals surface area contributed by atoms with E-state index in [1.54, 1.807) is 0 Å². The fraction of sp³-hybridized carbons (Fsp3) is 0.0938. The van der Waals surface area contributed by atoms with Crippen LogP contribution in [0.15, 0.2) is 94.3 Å². The number of hydrogen-bond acceptors (Lipinski definition) is 6. The van der Waals surface area contributed by atoms with Crippen LogP contribution in [0.1, 0.15) is 31.8 Å². The number of ether oxygens (including phenoxy) is 3. The van der Waals surface area contributed by atoms with Crippen molar-refractivity contribution in [1.29, 1.82) is 0 Å². The summed E-state index contributed by atoms with van der Waals surface area (Å²) in [6.45, 7) is 0. The van der Waals surface area contributed by atoms with E-state index in [4.69, 9.17) is 14.2 Å². The predicted octanol–water partition coefficient (Wildman–Crippen LogP) is 8.38. The van der Waals surface area contributed by atoms with E-state index >= 15 is 4.39 Å². The van der Waals surface area contributed by atoms with Crippen molar-refractivity contribution in [2.75, 3.05) is 7.11 Å². The van der Waals surface area contributed by atoms with Crippen LogP contribution in [0.2, 0.25) is 0 Å². The van der Waals surface area contributed by atoms with Crippen LogP contribution in [0.5, 0.6) is 17.2 Å². The SMILES string of the molecule is COc1cc(OC(=O)c2ccc(C(F)(F)F)cc2)c2c(=O)n(-c3ccc(OC(=O)c4ccc(C(F)(F)F)cc4)c(F)c3)cc(Br)c2c1. The van der Waals surface area contributed by atoms with E-state index in [-0.39, 0.29) is 43.6 Å². The second-order valence-electron chi connectivity index (χ2n) is 9.74. The number of carbonyl (C=O) groups is 2. The van der Waals surface area contributed by atoms with Gasteiger partial charge in [0.1, 0.15) is 11.5 Å². The summed E-state index contributed by atoms with van der Waals surface area (Å²) in [6.07, 6.45) is -7.97. The van der Waals surface area contributed by atoms with Gasteiger partial charge in [0, 0.05) is 28.2 Å². The molecular weight excluding hydrogens is 707 g/mol. The maximum absolute atomic E-state index is 15.1. The summed E-state index contributed by atoms with van der Waals surface area (Å²) in [5.74, 6) is -4.05. The Kier molecular flexibility index (Phi) is 8.86. The van der Waals surface area contributed by atoms with E-state index in [1.165, 1.54) is 31.5 Å². The zero-order valence-electron chi connectivity index (χ0n) is 23.5. The molecule has 5 aromatic rings. The van der Waals surface area contributed by atoms with E-state index < -0.39 is 52.5 Å². The topological polar surface area (TPSA) is 83.8 Å². The first-order valence-electron chi connectivity index (χ1n) is 13.1. The fourth-order valence-electron chi connectivity index (χ4n) is 4.38. The molecule has 0 aliphatic rings. The number of alkyl halides is 6. The lowest BCUT2D eigenvalue weighted by Gasteiger charge is -2.15. The Morgan fingerprint density at radius 1 is 0.723 bits per heavy atom. The van der Waals surface area contributed by atoms with Crippen LogP contribution in [-0.2, 0) is 12.4 Å². The molecule has 0 aliphatic carbocycles. The molecular formula is C32H17BrF7NO6. The van der Waals surface area contributed by atoms with Gasteiger partial charge in [-0.2, -0.15) is 26.3 Å². The number of hydrogen-bond donors (Lipinski definition) is 0. The summed E-state index contributed by atoms with van der Waals surface area (Å²) >= 11 is 3.33. The van der Waals surface area contributed by atoms with Gasteiger partial charge >= 0.3 is 24.3 Å². The summed E-state index contributed by atoms with van der Waals surface area (Å²) in [5.41, 5.74) is -3.37. The molecule has 0 spiro atoms. The van der Waals surface area contributed by atoms with Gasteiger partial charge in [-0.25, -0.2) is 14.0 Å². The lowest BCUT2D eigenvalue weighted by atomic mass is 10.1. The number of benzene rings is 4. The highest BCUT2D eigenvalue weighted by atomic mass is 79.9. The van der Waals surface area contributed by atoms with Crippen LogP contribution in [0.25, 0.3) is 16.5 Å². The van der Waals surface area contributed by atoms with Crippen molar-refractivity contribution in [3.05, 3.63) is 128 Å². The van der Waals surface area contributed by atoms with Crippen LogP contribution < -0.4 is 19.8 Å². The van der Waals surface area contributed by atoms with Gasteiger partial charge in [0.25, 0.3) is 5.56 Å². The molecule has 15 heteroatoms. The van der Waals surface area contributed by atoms with Gasteiger partial charge in [-0.15, -0.1) is 0 Å². The van der Waals surface area contributed by atoms with Crippen LogP contribution in [0.3, 0.4) is 0 Å². The molecule has 0 saturated heterocycles. The lowest BCUT2D eigenvalue weighted by Crippen LogP contribution is -2.20. The van der Waals surface area contributed by atoms with E-state index in [1.807, 2.05) is 0 Å². The van der Waals surface area contributed by atoms with Gasteiger partial charge < -0.3 is 14.2 Å². The molecule has 0 saturated carbocycles. The Bertz CT molecular complexity index is 2070. The van der Waals surface area contributed by atoms with Crippen molar-refractivity contribution in [3.8, 4) is 22.9 Å². The number of pyridine rings is 1. The normalized spacial score (nSPS) is 11.8. The molecule has 5 rings (SSSR count).